The number of nitrogens with zero attached hydrogens (tertiary/aromatic N) is 1. The van der Waals surface area contributed by atoms with E-state index in [1.807, 2.05) is 6.92 Å². The molecule has 0 radical (unpaired) electrons. The Morgan fingerprint density at radius 3 is 2.54 bits per heavy atom. The van der Waals surface area contributed by atoms with Crippen molar-refractivity contribution in [1.82, 2.24) is 0 Å². The van der Waals surface area contributed by atoms with E-state index in [4.69, 9.17) is 0 Å². The van der Waals surface area contributed by atoms with Crippen LogP contribution in [-0.2, 0) is 0 Å². The molecule has 0 amide bonds. The topological polar surface area (TPSA) is 55.2 Å². The second kappa shape index (κ2) is 3.74. The standard InChI is InChI=1S/C8H9BrN2O2/c1-5-3-6(11(12)13)4-7(9)8(5)10-2/h3-4,10H,1-2H3. The molecule has 13 heavy (non-hydrogen) atoms. The molecule has 0 heterocycles. The first-order chi connectivity index (χ1) is 6.06. The SMILES string of the molecule is CNc1c(C)cc([N+](=O)[O-])cc1Br. The minimum atomic E-state index is -0.406. The van der Waals surface area contributed by atoms with Crippen molar-refractivity contribution in [3.63, 3.8) is 0 Å². The Bertz CT molecular complexity index is 329. The number of nitro groups is 1. The van der Waals surface area contributed by atoms with Gasteiger partial charge < -0.3 is 5.32 Å². The average Bonchev–Trinajstić information content (AvgIpc) is 2.03. The molecule has 0 aliphatic carbocycles. The number of hydrogen-bond acceptors (Lipinski definition) is 3. The highest BCUT2D eigenvalue weighted by Crippen LogP contribution is 2.30. The summed E-state index contributed by atoms with van der Waals surface area (Å²) in [6.07, 6.45) is 0. The van der Waals surface area contributed by atoms with Gasteiger partial charge in [-0.2, -0.15) is 0 Å². The van der Waals surface area contributed by atoms with Crippen molar-refractivity contribution in [1.29, 1.82) is 0 Å². The van der Waals surface area contributed by atoms with Gasteiger partial charge in [-0.05, 0) is 28.4 Å². The van der Waals surface area contributed by atoms with Gasteiger partial charge in [0.2, 0.25) is 0 Å². The first kappa shape index (κ1) is 9.98. The summed E-state index contributed by atoms with van der Waals surface area (Å²) in [7, 11) is 1.78. The van der Waals surface area contributed by atoms with E-state index in [9.17, 15) is 10.1 Å². The van der Waals surface area contributed by atoms with Gasteiger partial charge in [-0.1, -0.05) is 0 Å². The summed E-state index contributed by atoms with van der Waals surface area (Å²) in [5, 5.41) is 13.4. The molecule has 1 N–H and O–H groups in total. The normalized spacial score (nSPS) is 9.77. The average molecular weight is 245 g/mol. The number of nitro benzene ring substituents is 1. The van der Waals surface area contributed by atoms with E-state index in [0.29, 0.717) is 4.47 Å². The zero-order chi connectivity index (χ0) is 10.0. The van der Waals surface area contributed by atoms with Crippen LogP contribution in [0.15, 0.2) is 16.6 Å². The number of benzene rings is 1. The highest BCUT2D eigenvalue weighted by atomic mass is 79.9. The maximum absolute atomic E-state index is 10.5. The van der Waals surface area contributed by atoms with E-state index in [1.165, 1.54) is 12.1 Å². The third kappa shape index (κ3) is 1.98. The predicted octanol–water partition coefficient (Wildman–Crippen LogP) is 2.71. The molecule has 4 nitrogen and oxygen atoms in total. The quantitative estimate of drug-likeness (QED) is 0.643. The molecule has 1 rings (SSSR count). The molecule has 0 aliphatic rings. The van der Waals surface area contributed by atoms with Gasteiger partial charge in [-0.3, -0.25) is 10.1 Å². The van der Waals surface area contributed by atoms with E-state index in [1.54, 1.807) is 7.05 Å². The predicted molar refractivity (Wildman–Crippen MR) is 55.1 cm³/mol. The Labute approximate surface area is 84.2 Å². The number of halogens is 1. The Hall–Kier alpha value is -1.10. The van der Waals surface area contributed by atoms with Crippen LogP contribution in [0.25, 0.3) is 0 Å². The lowest BCUT2D eigenvalue weighted by molar-refractivity contribution is -0.385. The zero-order valence-electron chi connectivity index (χ0n) is 7.30. The van der Waals surface area contributed by atoms with Crippen molar-refractivity contribution >= 4 is 27.3 Å². The van der Waals surface area contributed by atoms with Crippen LogP contribution in [0, 0.1) is 17.0 Å². The van der Waals surface area contributed by atoms with Crippen LogP contribution in [0.5, 0.6) is 0 Å². The molecule has 0 spiro atoms. The Kier molecular flexibility index (Phi) is 2.87. The maximum Gasteiger partial charge on any atom is 0.270 e. The molecule has 0 aromatic heterocycles. The molecular formula is C8H9BrN2O2. The van der Waals surface area contributed by atoms with E-state index >= 15 is 0 Å². The molecule has 0 aliphatic heterocycles. The van der Waals surface area contributed by atoms with Gasteiger partial charge in [0, 0.05) is 23.7 Å². The van der Waals surface area contributed by atoms with Crippen LogP contribution >= 0.6 is 15.9 Å². The third-order valence-electron chi connectivity index (χ3n) is 1.73. The number of aryl methyl sites for hydroxylation is 1. The summed E-state index contributed by atoms with van der Waals surface area (Å²) in [4.78, 5) is 10.1. The molecule has 0 saturated heterocycles. The summed E-state index contributed by atoms with van der Waals surface area (Å²) >= 11 is 3.26. The van der Waals surface area contributed by atoms with Gasteiger partial charge in [0.05, 0.1) is 10.6 Å². The molecule has 1 aromatic carbocycles. The van der Waals surface area contributed by atoms with Crippen LogP contribution < -0.4 is 5.32 Å². The fourth-order valence-electron chi connectivity index (χ4n) is 1.15. The smallest absolute Gasteiger partial charge is 0.270 e. The van der Waals surface area contributed by atoms with Crippen LogP contribution in [0.3, 0.4) is 0 Å². The fourth-order valence-corrected chi connectivity index (χ4v) is 1.89. The summed E-state index contributed by atoms with van der Waals surface area (Å²) in [6, 6.07) is 3.02. The molecule has 0 bridgehead atoms. The van der Waals surface area contributed by atoms with Crippen molar-refractivity contribution in [2.45, 2.75) is 6.92 Å². The molecule has 0 atom stereocenters. The number of nitrogens with one attached hydrogen (secondary N) is 1. The van der Waals surface area contributed by atoms with Gasteiger partial charge in [0.1, 0.15) is 0 Å². The Balaban J connectivity index is 3.28. The second-order valence-corrected chi connectivity index (χ2v) is 3.48. The largest absolute Gasteiger partial charge is 0.387 e. The monoisotopic (exact) mass is 244 g/mol. The lowest BCUT2D eigenvalue weighted by Crippen LogP contribution is -1.95. The highest BCUT2D eigenvalue weighted by molar-refractivity contribution is 9.10. The number of anilines is 1. The van der Waals surface area contributed by atoms with E-state index in [2.05, 4.69) is 21.2 Å². The molecule has 0 fully saturated rings. The van der Waals surface area contributed by atoms with Gasteiger partial charge >= 0.3 is 0 Å². The second-order valence-electron chi connectivity index (χ2n) is 2.63. The fraction of sp³-hybridized carbons (Fsp3) is 0.250. The molecule has 1 aromatic rings. The van der Waals surface area contributed by atoms with Gasteiger partial charge in [0.25, 0.3) is 5.69 Å². The molecule has 5 heteroatoms. The van der Waals surface area contributed by atoms with E-state index < -0.39 is 4.92 Å². The van der Waals surface area contributed by atoms with Crippen LogP contribution in [0.4, 0.5) is 11.4 Å². The minimum Gasteiger partial charge on any atom is -0.387 e. The summed E-state index contributed by atoms with van der Waals surface area (Å²) in [5.41, 5.74) is 1.83. The maximum atomic E-state index is 10.5. The van der Waals surface area contributed by atoms with Crippen LogP contribution in [0.2, 0.25) is 0 Å². The molecular weight excluding hydrogens is 236 g/mol. The van der Waals surface area contributed by atoms with Crippen molar-refractivity contribution in [2.24, 2.45) is 0 Å². The van der Waals surface area contributed by atoms with E-state index in [0.717, 1.165) is 11.3 Å². The van der Waals surface area contributed by atoms with Gasteiger partial charge in [0.15, 0.2) is 0 Å². The minimum absolute atomic E-state index is 0.100. The Morgan fingerprint density at radius 2 is 2.15 bits per heavy atom. The number of rotatable bonds is 2. The number of hydrogen-bond donors (Lipinski definition) is 1. The summed E-state index contributed by atoms with van der Waals surface area (Å²) in [5.74, 6) is 0. The lowest BCUT2D eigenvalue weighted by Gasteiger charge is -2.06. The zero-order valence-corrected chi connectivity index (χ0v) is 8.88. The summed E-state index contributed by atoms with van der Waals surface area (Å²) < 4.78 is 0.710. The number of non-ortho nitro benzene ring substituents is 1. The molecule has 0 saturated carbocycles. The Morgan fingerprint density at radius 1 is 1.54 bits per heavy atom. The third-order valence-corrected chi connectivity index (χ3v) is 2.36. The lowest BCUT2D eigenvalue weighted by atomic mass is 10.2. The van der Waals surface area contributed by atoms with Crippen molar-refractivity contribution in [3.05, 3.63) is 32.3 Å². The highest BCUT2D eigenvalue weighted by Gasteiger charge is 2.11. The summed E-state index contributed by atoms with van der Waals surface area (Å²) in [6.45, 7) is 1.82. The van der Waals surface area contributed by atoms with Crippen molar-refractivity contribution in [2.75, 3.05) is 12.4 Å². The van der Waals surface area contributed by atoms with Crippen LogP contribution in [0.1, 0.15) is 5.56 Å². The molecule has 0 unspecified atom stereocenters. The van der Waals surface area contributed by atoms with E-state index in [-0.39, 0.29) is 5.69 Å². The first-order valence-corrected chi connectivity index (χ1v) is 4.48. The first-order valence-electron chi connectivity index (χ1n) is 3.68. The van der Waals surface area contributed by atoms with Crippen molar-refractivity contribution < 1.29 is 4.92 Å². The molecule has 70 valence electrons. The van der Waals surface area contributed by atoms with Crippen LogP contribution in [-0.4, -0.2) is 12.0 Å². The van der Waals surface area contributed by atoms with Gasteiger partial charge in [-0.15, -0.1) is 0 Å². The van der Waals surface area contributed by atoms with Crippen molar-refractivity contribution in [3.8, 4) is 0 Å². The van der Waals surface area contributed by atoms with Gasteiger partial charge in [-0.25, -0.2) is 0 Å².